The van der Waals surface area contributed by atoms with E-state index in [1.165, 1.54) is 6.07 Å². The molecule has 202 valence electrons. The van der Waals surface area contributed by atoms with Crippen molar-refractivity contribution in [1.82, 2.24) is 4.90 Å². The van der Waals surface area contributed by atoms with Gasteiger partial charge in [0.2, 0.25) is 0 Å². The van der Waals surface area contributed by atoms with E-state index in [4.69, 9.17) is 4.74 Å². The highest BCUT2D eigenvalue weighted by Gasteiger charge is 2.18. The number of Topliss-reactive ketones (excluding diaryl/α,β-unsaturated/α-hetero) is 1. The fourth-order valence-electron chi connectivity index (χ4n) is 4.58. The Bertz CT molecular complexity index is 1220. The second-order valence-corrected chi connectivity index (χ2v) is 9.45. The molecule has 0 bridgehead atoms. The molecular weight excluding hydrogens is 502 g/mol. The summed E-state index contributed by atoms with van der Waals surface area (Å²) in [4.78, 5) is 30.6. The monoisotopic (exact) mass is 537 g/mol. The molecule has 1 saturated heterocycles. The van der Waals surface area contributed by atoms with Gasteiger partial charge in [0.25, 0.3) is 5.91 Å². The predicted octanol–water partition coefficient (Wildman–Crippen LogP) is 4.96. The van der Waals surface area contributed by atoms with Crippen LogP contribution in [-0.4, -0.2) is 68.1 Å². The van der Waals surface area contributed by atoms with Crippen LogP contribution < -0.4 is 10.2 Å². The van der Waals surface area contributed by atoms with Crippen molar-refractivity contribution in [2.24, 2.45) is 0 Å². The van der Waals surface area contributed by atoms with Crippen LogP contribution in [0.15, 0.2) is 66.7 Å². The lowest BCUT2D eigenvalue weighted by atomic mass is 10.00. The zero-order chi connectivity index (χ0) is 26.2. The summed E-state index contributed by atoms with van der Waals surface area (Å²) >= 11 is 0. The molecule has 0 aromatic heterocycles. The second kappa shape index (κ2) is 14.0. The molecule has 2 N–H and O–H groups in total. The number of halogens is 1. The van der Waals surface area contributed by atoms with Gasteiger partial charge in [0.15, 0.2) is 5.78 Å². The molecule has 0 spiro atoms. The van der Waals surface area contributed by atoms with Gasteiger partial charge in [-0.05, 0) is 55.8 Å². The van der Waals surface area contributed by atoms with Gasteiger partial charge in [-0.1, -0.05) is 42.0 Å². The molecule has 1 heterocycles. The maximum Gasteiger partial charge on any atom is 0.255 e. The summed E-state index contributed by atoms with van der Waals surface area (Å²) in [7, 11) is 1.73. The van der Waals surface area contributed by atoms with E-state index in [-0.39, 0.29) is 42.0 Å². The Morgan fingerprint density at radius 3 is 2.34 bits per heavy atom. The number of phenols is 1. The van der Waals surface area contributed by atoms with Crippen LogP contribution in [-0.2, 0) is 11.2 Å². The third kappa shape index (κ3) is 7.57. The Kier molecular flexibility index (Phi) is 10.7. The molecule has 0 atom stereocenters. The number of aromatic hydroxyl groups is 1. The highest BCUT2D eigenvalue weighted by molar-refractivity contribution is 6.06. The number of carbonyl (C=O) groups is 2. The lowest BCUT2D eigenvalue weighted by Gasteiger charge is -2.23. The molecule has 0 saturated carbocycles. The minimum Gasteiger partial charge on any atom is -0.506 e. The van der Waals surface area contributed by atoms with Gasteiger partial charge >= 0.3 is 0 Å². The van der Waals surface area contributed by atoms with E-state index in [2.05, 4.69) is 15.1 Å². The van der Waals surface area contributed by atoms with Gasteiger partial charge in [-0.2, -0.15) is 0 Å². The van der Waals surface area contributed by atoms with Crippen LogP contribution in [0.2, 0.25) is 0 Å². The smallest absolute Gasteiger partial charge is 0.255 e. The summed E-state index contributed by atoms with van der Waals surface area (Å²) in [6.07, 6.45) is 1.14. The number of phenolic OH excluding ortho intramolecular Hbond substituents is 1. The molecule has 38 heavy (non-hydrogen) atoms. The predicted molar refractivity (Wildman–Crippen MR) is 154 cm³/mol. The normalized spacial score (nSPS) is 13.9. The molecule has 0 radical (unpaired) electrons. The molecule has 0 aliphatic carbocycles. The number of anilines is 2. The van der Waals surface area contributed by atoms with Gasteiger partial charge < -0.3 is 20.1 Å². The zero-order valence-corrected chi connectivity index (χ0v) is 22.8. The number of ether oxygens (including phenoxy) is 1. The zero-order valence-electron chi connectivity index (χ0n) is 22.0. The quantitative estimate of drug-likeness (QED) is 0.296. The Morgan fingerprint density at radius 1 is 0.921 bits per heavy atom. The molecule has 1 aliphatic rings. The number of methoxy groups -OCH3 is 1. The summed E-state index contributed by atoms with van der Waals surface area (Å²) in [6, 6.07) is 19.8. The van der Waals surface area contributed by atoms with Crippen LogP contribution in [0.25, 0.3) is 0 Å². The highest BCUT2D eigenvalue weighted by Crippen LogP contribution is 2.29. The molecule has 1 amide bonds. The number of amides is 1. The van der Waals surface area contributed by atoms with Crippen LogP contribution in [0.1, 0.15) is 38.3 Å². The summed E-state index contributed by atoms with van der Waals surface area (Å²) in [5, 5.41) is 13.3. The number of benzene rings is 3. The molecule has 4 rings (SSSR count). The van der Waals surface area contributed by atoms with Gasteiger partial charge in [-0.25, -0.2) is 0 Å². The highest BCUT2D eigenvalue weighted by atomic mass is 35.5. The molecule has 1 fully saturated rings. The summed E-state index contributed by atoms with van der Waals surface area (Å²) in [5.41, 5.74) is 4.07. The number of carbonyl (C=O) groups excluding carboxylic acids is 2. The summed E-state index contributed by atoms with van der Waals surface area (Å²) in [6.45, 7) is 7.56. The van der Waals surface area contributed by atoms with Gasteiger partial charge in [-0.3, -0.25) is 14.5 Å². The SMILES string of the molecule is COCCN1CCCN(c2ccc(C(=O)Nc3c(O)cccc3CC(=O)c3ccc(C)cc3)cc2)CC1.Cl. The van der Waals surface area contributed by atoms with Crippen molar-refractivity contribution < 1.29 is 19.4 Å². The fourth-order valence-corrected chi connectivity index (χ4v) is 4.58. The van der Waals surface area contributed by atoms with E-state index >= 15 is 0 Å². The van der Waals surface area contributed by atoms with Crippen molar-refractivity contribution in [1.29, 1.82) is 0 Å². The van der Waals surface area contributed by atoms with Crippen molar-refractivity contribution in [2.75, 3.05) is 56.7 Å². The first kappa shape index (κ1) is 29.2. The fraction of sp³-hybridized carbons (Fsp3) is 0.333. The number of nitrogens with zero attached hydrogens (tertiary/aromatic N) is 2. The van der Waals surface area contributed by atoms with Gasteiger partial charge in [0, 0.05) is 56.5 Å². The van der Waals surface area contributed by atoms with E-state index in [1.807, 2.05) is 31.2 Å². The van der Waals surface area contributed by atoms with Gasteiger partial charge in [-0.15, -0.1) is 12.4 Å². The molecule has 1 aliphatic heterocycles. The van der Waals surface area contributed by atoms with Crippen LogP contribution in [0.5, 0.6) is 5.75 Å². The van der Waals surface area contributed by atoms with E-state index in [1.54, 1.807) is 43.5 Å². The van der Waals surface area contributed by atoms with E-state index in [9.17, 15) is 14.7 Å². The minimum atomic E-state index is -0.335. The summed E-state index contributed by atoms with van der Waals surface area (Å²) < 4.78 is 5.21. The Balaban J connectivity index is 0.00000400. The summed E-state index contributed by atoms with van der Waals surface area (Å²) in [5.74, 6) is -0.482. The van der Waals surface area contributed by atoms with Crippen molar-refractivity contribution in [3.8, 4) is 5.75 Å². The van der Waals surface area contributed by atoms with E-state index in [0.717, 1.165) is 57.0 Å². The number of rotatable bonds is 9. The van der Waals surface area contributed by atoms with Crippen molar-refractivity contribution in [3.63, 3.8) is 0 Å². The Labute approximate surface area is 230 Å². The Morgan fingerprint density at radius 2 is 1.63 bits per heavy atom. The number of aryl methyl sites for hydroxylation is 1. The minimum absolute atomic E-state index is 0. The number of ketones is 1. The third-order valence-electron chi connectivity index (χ3n) is 6.79. The van der Waals surface area contributed by atoms with Crippen molar-refractivity contribution in [2.45, 2.75) is 19.8 Å². The van der Waals surface area contributed by atoms with Crippen LogP contribution >= 0.6 is 12.4 Å². The third-order valence-corrected chi connectivity index (χ3v) is 6.79. The maximum absolute atomic E-state index is 13.1. The standard InChI is InChI=1S/C30H35N3O4.ClH/c1-22-7-9-23(10-8-22)28(35)21-25-5-3-6-27(34)29(25)31-30(36)24-11-13-26(14-12-24)33-16-4-15-32(17-18-33)19-20-37-2;/h3,5-14,34H,4,15-21H2,1-2H3,(H,31,36);1H. The van der Waals surface area contributed by atoms with Crippen molar-refractivity contribution >= 4 is 35.5 Å². The molecule has 3 aromatic carbocycles. The van der Waals surface area contributed by atoms with Crippen LogP contribution in [0, 0.1) is 6.92 Å². The topological polar surface area (TPSA) is 82.1 Å². The first-order valence-electron chi connectivity index (χ1n) is 12.7. The molecule has 0 unspecified atom stereocenters. The molecular formula is C30H36ClN3O4. The lowest BCUT2D eigenvalue weighted by Crippen LogP contribution is -2.32. The maximum atomic E-state index is 13.1. The average Bonchev–Trinajstić information content (AvgIpc) is 3.15. The largest absolute Gasteiger partial charge is 0.506 e. The first-order chi connectivity index (χ1) is 17.9. The first-order valence-corrected chi connectivity index (χ1v) is 12.7. The van der Waals surface area contributed by atoms with E-state index < -0.39 is 0 Å². The van der Waals surface area contributed by atoms with Gasteiger partial charge in [0.1, 0.15) is 5.75 Å². The van der Waals surface area contributed by atoms with Crippen molar-refractivity contribution in [3.05, 3.63) is 89.0 Å². The number of para-hydroxylation sites is 1. The Hall–Kier alpha value is -3.39. The number of nitrogens with one attached hydrogen (secondary N) is 1. The van der Waals surface area contributed by atoms with Gasteiger partial charge in [0.05, 0.1) is 12.3 Å². The lowest BCUT2D eigenvalue weighted by molar-refractivity contribution is 0.0989. The average molecular weight is 538 g/mol. The molecule has 7 nitrogen and oxygen atoms in total. The number of hydrogen-bond donors (Lipinski definition) is 2. The molecule has 3 aromatic rings. The molecule has 8 heteroatoms. The number of hydrogen-bond acceptors (Lipinski definition) is 6. The van der Waals surface area contributed by atoms with Crippen LogP contribution in [0.3, 0.4) is 0 Å². The second-order valence-electron chi connectivity index (χ2n) is 9.45. The van der Waals surface area contributed by atoms with E-state index in [0.29, 0.717) is 16.7 Å². The van der Waals surface area contributed by atoms with Crippen LogP contribution in [0.4, 0.5) is 11.4 Å².